The normalized spacial score (nSPS) is 21.5. The van der Waals surface area contributed by atoms with E-state index in [1.54, 1.807) is 0 Å². The van der Waals surface area contributed by atoms with Crippen LogP contribution in [0.2, 0.25) is 0 Å². The van der Waals surface area contributed by atoms with Crippen molar-refractivity contribution in [2.75, 3.05) is 0 Å². The maximum absolute atomic E-state index is 12.0. The third kappa shape index (κ3) is 4.21. The van der Waals surface area contributed by atoms with Crippen molar-refractivity contribution in [2.45, 2.75) is 51.4 Å². The van der Waals surface area contributed by atoms with Crippen molar-refractivity contribution in [1.29, 1.82) is 0 Å². The van der Waals surface area contributed by atoms with Crippen molar-refractivity contribution in [3.63, 3.8) is 0 Å². The van der Waals surface area contributed by atoms with E-state index in [1.165, 1.54) is 0 Å². The number of allylic oxidation sites excluding steroid dienone is 4. The number of nitrogens with two attached hydrogens (primary N) is 1. The van der Waals surface area contributed by atoms with Gasteiger partial charge >= 0.3 is 7.75 Å². The molecule has 0 bridgehead atoms. The lowest BCUT2D eigenvalue weighted by molar-refractivity contribution is 0.267. The summed E-state index contributed by atoms with van der Waals surface area (Å²) in [6.07, 6.45) is 11.9. The molecule has 0 aromatic carbocycles. The van der Waals surface area contributed by atoms with Crippen molar-refractivity contribution in [2.24, 2.45) is 5.50 Å². The Hall–Kier alpha value is -0.730. The highest BCUT2D eigenvalue weighted by molar-refractivity contribution is 7.51. The van der Waals surface area contributed by atoms with Gasteiger partial charge in [0, 0.05) is 12.8 Å². The molecule has 0 unspecified atom stereocenters. The van der Waals surface area contributed by atoms with Gasteiger partial charge < -0.3 is 9.05 Å². The third-order valence-electron chi connectivity index (χ3n) is 2.99. The minimum Gasteiger partial charge on any atom is -0.410 e. The first-order chi connectivity index (χ1) is 8.16. The van der Waals surface area contributed by atoms with Crippen molar-refractivity contribution in [1.82, 2.24) is 0 Å². The van der Waals surface area contributed by atoms with Gasteiger partial charge in [0.15, 0.2) is 0 Å². The zero-order valence-electron chi connectivity index (χ0n) is 10.1. The topological polar surface area (TPSA) is 61.6 Å². The maximum atomic E-state index is 12.0. The van der Waals surface area contributed by atoms with E-state index in [4.69, 9.17) is 14.6 Å². The maximum Gasteiger partial charge on any atom is 0.509 e. The summed E-state index contributed by atoms with van der Waals surface area (Å²) in [5.74, 6) is 1.44. The van der Waals surface area contributed by atoms with Crippen molar-refractivity contribution in [3.8, 4) is 0 Å². The number of hydrogen-bond acceptors (Lipinski definition) is 3. The average Bonchev–Trinajstić information content (AvgIpc) is 2.30. The summed E-state index contributed by atoms with van der Waals surface area (Å²) < 4.78 is 22.6. The summed E-state index contributed by atoms with van der Waals surface area (Å²) >= 11 is 0. The van der Waals surface area contributed by atoms with Crippen LogP contribution in [0.3, 0.4) is 0 Å². The summed E-state index contributed by atoms with van der Waals surface area (Å²) in [5.41, 5.74) is 5.61. The van der Waals surface area contributed by atoms with Gasteiger partial charge in [0.2, 0.25) is 0 Å². The van der Waals surface area contributed by atoms with E-state index in [-0.39, 0.29) is 0 Å². The Bertz CT molecular complexity index is 344. The lowest BCUT2D eigenvalue weighted by atomic mass is 10.1. The molecule has 2 aliphatic carbocycles. The number of hydrogen-bond donors (Lipinski definition) is 1. The summed E-state index contributed by atoms with van der Waals surface area (Å²) in [6.45, 7) is 0. The van der Waals surface area contributed by atoms with E-state index in [9.17, 15) is 4.57 Å². The molecule has 0 fully saturated rings. The highest BCUT2D eigenvalue weighted by Gasteiger charge is 2.25. The van der Waals surface area contributed by atoms with E-state index >= 15 is 0 Å². The zero-order valence-corrected chi connectivity index (χ0v) is 11.0. The Balaban J connectivity index is 1.91. The van der Waals surface area contributed by atoms with Gasteiger partial charge in [0.1, 0.15) is 11.5 Å². The van der Waals surface area contributed by atoms with Crippen LogP contribution >= 0.6 is 7.75 Å². The van der Waals surface area contributed by atoms with Gasteiger partial charge in [-0.2, -0.15) is 0 Å². The quantitative estimate of drug-likeness (QED) is 0.773. The summed E-state index contributed by atoms with van der Waals surface area (Å²) in [6, 6.07) is 0. The van der Waals surface area contributed by atoms with Crippen LogP contribution in [-0.2, 0) is 13.6 Å². The fourth-order valence-electron chi connectivity index (χ4n) is 2.13. The Morgan fingerprint density at radius 3 is 1.76 bits per heavy atom. The fourth-order valence-corrected chi connectivity index (χ4v) is 3.15. The second-order valence-corrected chi connectivity index (χ2v) is 6.00. The average molecular weight is 257 g/mol. The molecule has 0 saturated carbocycles. The molecule has 17 heavy (non-hydrogen) atoms. The molecule has 0 atom stereocenters. The Labute approximate surface area is 102 Å². The molecule has 96 valence electrons. The molecule has 0 amide bonds. The molecular weight excluding hydrogens is 237 g/mol. The van der Waals surface area contributed by atoms with Gasteiger partial charge in [-0.15, -0.1) is 0 Å². The summed E-state index contributed by atoms with van der Waals surface area (Å²) in [4.78, 5) is 0. The SMILES string of the molecule is NP(=O)(OC1=CCCCC1)OC1=CCCCC1. The lowest BCUT2D eigenvalue weighted by Crippen LogP contribution is -2.07. The summed E-state index contributed by atoms with van der Waals surface area (Å²) in [5, 5.41) is 0. The summed E-state index contributed by atoms with van der Waals surface area (Å²) in [7, 11) is -3.47. The van der Waals surface area contributed by atoms with E-state index in [0.717, 1.165) is 62.9 Å². The van der Waals surface area contributed by atoms with Crippen LogP contribution < -0.4 is 5.50 Å². The van der Waals surface area contributed by atoms with Crippen LogP contribution in [0.15, 0.2) is 23.7 Å². The monoisotopic (exact) mass is 257 g/mol. The van der Waals surface area contributed by atoms with Crippen molar-refractivity contribution in [3.05, 3.63) is 23.7 Å². The van der Waals surface area contributed by atoms with Gasteiger partial charge in [-0.1, -0.05) is 0 Å². The van der Waals surface area contributed by atoms with Gasteiger partial charge in [-0.25, -0.2) is 10.1 Å². The van der Waals surface area contributed by atoms with E-state index in [2.05, 4.69) is 0 Å². The first-order valence-corrected chi connectivity index (χ1v) is 7.93. The Morgan fingerprint density at radius 2 is 1.41 bits per heavy atom. The predicted molar refractivity (Wildman–Crippen MR) is 67.1 cm³/mol. The standard InChI is InChI=1S/C12H20NO3P/c13-17(14,15-11-7-3-1-4-8-11)16-12-9-5-2-6-10-12/h7,9H,1-6,8,10H2,(H2,13,14). The molecule has 2 rings (SSSR count). The predicted octanol–water partition coefficient (Wildman–Crippen LogP) is 4.00. The highest BCUT2D eigenvalue weighted by atomic mass is 31.2. The molecule has 0 saturated heterocycles. The fraction of sp³-hybridized carbons (Fsp3) is 0.667. The van der Waals surface area contributed by atoms with Crippen LogP contribution in [0.5, 0.6) is 0 Å². The van der Waals surface area contributed by atoms with Crippen LogP contribution in [0.25, 0.3) is 0 Å². The molecule has 5 heteroatoms. The molecule has 0 aromatic heterocycles. The molecule has 0 radical (unpaired) electrons. The highest BCUT2D eigenvalue weighted by Crippen LogP contribution is 2.46. The van der Waals surface area contributed by atoms with E-state index in [0.29, 0.717) is 0 Å². The van der Waals surface area contributed by atoms with Crippen LogP contribution in [0.4, 0.5) is 0 Å². The molecule has 0 heterocycles. The van der Waals surface area contributed by atoms with Gasteiger partial charge in [-0.3, -0.25) is 0 Å². The first kappa shape index (κ1) is 12.7. The zero-order chi connectivity index (χ0) is 12.1. The smallest absolute Gasteiger partial charge is 0.410 e. The molecule has 2 aliphatic rings. The molecule has 0 aromatic rings. The molecule has 2 N–H and O–H groups in total. The van der Waals surface area contributed by atoms with Gasteiger partial charge in [-0.05, 0) is 50.7 Å². The lowest BCUT2D eigenvalue weighted by Gasteiger charge is -2.21. The second kappa shape index (κ2) is 5.74. The Morgan fingerprint density at radius 1 is 0.941 bits per heavy atom. The van der Waals surface area contributed by atoms with Crippen molar-refractivity contribution >= 4 is 7.75 Å². The van der Waals surface area contributed by atoms with Gasteiger partial charge in [0.05, 0.1) is 0 Å². The van der Waals surface area contributed by atoms with Crippen molar-refractivity contribution < 1.29 is 13.6 Å². The van der Waals surface area contributed by atoms with E-state index in [1.807, 2.05) is 12.2 Å². The van der Waals surface area contributed by atoms with E-state index < -0.39 is 7.75 Å². The first-order valence-electron chi connectivity index (χ1n) is 6.32. The largest absolute Gasteiger partial charge is 0.509 e. The van der Waals surface area contributed by atoms with Gasteiger partial charge in [0.25, 0.3) is 0 Å². The molecular formula is C12H20NO3P. The third-order valence-corrected chi connectivity index (χ3v) is 3.97. The molecule has 4 nitrogen and oxygen atoms in total. The minimum absolute atomic E-state index is 0.721. The number of rotatable bonds is 4. The Kier molecular flexibility index (Phi) is 4.30. The molecule has 0 spiro atoms. The van der Waals surface area contributed by atoms with Crippen LogP contribution in [0, 0.1) is 0 Å². The van der Waals surface area contributed by atoms with Crippen LogP contribution in [0.1, 0.15) is 51.4 Å². The second-order valence-electron chi connectivity index (χ2n) is 4.55. The van der Waals surface area contributed by atoms with Crippen LogP contribution in [-0.4, -0.2) is 0 Å². The molecule has 0 aliphatic heterocycles. The minimum atomic E-state index is -3.47.